The molecule has 3 aromatic carbocycles. The van der Waals surface area contributed by atoms with Gasteiger partial charge in [0.1, 0.15) is 11.5 Å². The maximum Gasteiger partial charge on any atom is 0.127 e. The van der Waals surface area contributed by atoms with E-state index in [4.69, 9.17) is 0 Å². The summed E-state index contributed by atoms with van der Waals surface area (Å²) in [6.07, 6.45) is 4.91. The lowest BCUT2D eigenvalue weighted by Crippen LogP contribution is -1.91. The minimum Gasteiger partial charge on any atom is -0.507 e. The van der Waals surface area contributed by atoms with Gasteiger partial charge in [-0.05, 0) is 79.3 Å². The van der Waals surface area contributed by atoms with E-state index in [9.17, 15) is 10.2 Å². The Kier molecular flexibility index (Phi) is 6.68. The van der Waals surface area contributed by atoms with Gasteiger partial charge in [-0.1, -0.05) is 32.0 Å². The van der Waals surface area contributed by atoms with Crippen LogP contribution in [0.3, 0.4) is 0 Å². The number of benzene rings is 3. The molecule has 0 fully saturated rings. The van der Waals surface area contributed by atoms with Gasteiger partial charge in [0.15, 0.2) is 0 Å². The Labute approximate surface area is 178 Å². The van der Waals surface area contributed by atoms with Crippen molar-refractivity contribution in [1.82, 2.24) is 0 Å². The number of phenolic OH excluding ortho intramolecular Hbond substituents is 2. The first-order valence-corrected chi connectivity index (χ1v) is 10.2. The fraction of sp³-hybridized carbons (Fsp3) is 0.231. The number of aromatic hydroxyl groups is 2. The van der Waals surface area contributed by atoms with E-state index in [1.807, 2.05) is 76.2 Å². The summed E-state index contributed by atoms with van der Waals surface area (Å²) in [5.41, 5.74) is 6.91. The van der Waals surface area contributed by atoms with E-state index >= 15 is 0 Å². The van der Waals surface area contributed by atoms with Crippen molar-refractivity contribution in [2.45, 2.75) is 40.5 Å². The molecule has 30 heavy (non-hydrogen) atoms. The quantitative estimate of drug-likeness (QED) is 0.474. The van der Waals surface area contributed by atoms with Gasteiger partial charge >= 0.3 is 0 Å². The second kappa shape index (κ2) is 9.40. The van der Waals surface area contributed by atoms with Crippen LogP contribution in [0.5, 0.6) is 11.5 Å². The van der Waals surface area contributed by atoms with E-state index in [1.54, 1.807) is 12.4 Å². The molecule has 3 rings (SSSR count). The van der Waals surface area contributed by atoms with Crippen LogP contribution in [0.1, 0.15) is 47.2 Å². The lowest BCUT2D eigenvalue weighted by molar-refractivity contribution is 0.467. The SMILES string of the molecule is CCc1cc(C)cc(C=Nc2cccc(N=Cc3cc(C)cc(CC)c3O)c2)c1O. The van der Waals surface area contributed by atoms with Crippen LogP contribution in [0.2, 0.25) is 0 Å². The van der Waals surface area contributed by atoms with Gasteiger partial charge in [0.05, 0.1) is 11.4 Å². The Morgan fingerprint density at radius 1 is 0.700 bits per heavy atom. The third kappa shape index (κ3) is 4.95. The minimum absolute atomic E-state index is 0.280. The lowest BCUT2D eigenvalue weighted by Gasteiger charge is -2.07. The maximum atomic E-state index is 10.4. The molecule has 0 spiro atoms. The average Bonchev–Trinajstić information content (AvgIpc) is 2.74. The van der Waals surface area contributed by atoms with Gasteiger partial charge in [-0.15, -0.1) is 0 Å². The molecule has 4 heteroatoms. The van der Waals surface area contributed by atoms with Gasteiger partial charge in [0.2, 0.25) is 0 Å². The first-order chi connectivity index (χ1) is 14.4. The summed E-state index contributed by atoms with van der Waals surface area (Å²) in [4.78, 5) is 9.04. The number of hydrogen-bond donors (Lipinski definition) is 2. The normalized spacial score (nSPS) is 11.6. The number of aryl methyl sites for hydroxylation is 4. The van der Waals surface area contributed by atoms with E-state index in [1.165, 1.54) is 0 Å². The number of phenols is 2. The Balaban J connectivity index is 1.86. The molecule has 0 unspecified atom stereocenters. The van der Waals surface area contributed by atoms with E-state index < -0.39 is 0 Å². The van der Waals surface area contributed by atoms with Crippen molar-refractivity contribution in [3.63, 3.8) is 0 Å². The zero-order valence-electron chi connectivity index (χ0n) is 18.0. The molecule has 154 valence electrons. The molecule has 3 aromatic rings. The van der Waals surface area contributed by atoms with Crippen LogP contribution in [-0.2, 0) is 12.8 Å². The van der Waals surface area contributed by atoms with Crippen molar-refractivity contribution in [1.29, 1.82) is 0 Å². The molecule has 0 amide bonds. The Hall–Kier alpha value is -3.40. The van der Waals surface area contributed by atoms with Gasteiger partial charge in [0, 0.05) is 23.6 Å². The molecule has 0 saturated heterocycles. The van der Waals surface area contributed by atoms with Crippen LogP contribution < -0.4 is 0 Å². The van der Waals surface area contributed by atoms with E-state index in [0.717, 1.165) is 46.5 Å². The molecule has 0 aromatic heterocycles. The molecule has 4 nitrogen and oxygen atoms in total. The van der Waals surface area contributed by atoms with Gasteiger partial charge in [-0.2, -0.15) is 0 Å². The number of hydrogen-bond acceptors (Lipinski definition) is 4. The third-order valence-corrected chi connectivity index (χ3v) is 5.02. The van der Waals surface area contributed by atoms with Crippen LogP contribution in [0.15, 0.2) is 58.5 Å². The molecular formula is C26H28N2O2. The highest BCUT2D eigenvalue weighted by atomic mass is 16.3. The third-order valence-electron chi connectivity index (χ3n) is 5.02. The molecular weight excluding hydrogens is 372 g/mol. The predicted molar refractivity (Wildman–Crippen MR) is 125 cm³/mol. The van der Waals surface area contributed by atoms with Crippen molar-refractivity contribution in [3.05, 3.63) is 81.9 Å². The Morgan fingerprint density at radius 2 is 1.13 bits per heavy atom. The van der Waals surface area contributed by atoms with Gasteiger partial charge in [-0.25, -0.2) is 0 Å². The van der Waals surface area contributed by atoms with Gasteiger partial charge in [-0.3, -0.25) is 9.98 Å². The molecule has 0 bridgehead atoms. The first kappa shape index (κ1) is 21.3. The van der Waals surface area contributed by atoms with Crippen molar-refractivity contribution in [3.8, 4) is 11.5 Å². The first-order valence-electron chi connectivity index (χ1n) is 10.2. The molecule has 0 atom stereocenters. The van der Waals surface area contributed by atoms with Crippen molar-refractivity contribution in [2.75, 3.05) is 0 Å². The smallest absolute Gasteiger partial charge is 0.127 e. The minimum atomic E-state index is 0.280. The lowest BCUT2D eigenvalue weighted by atomic mass is 10.0. The van der Waals surface area contributed by atoms with Gasteiger partial charge in [0.25, 0.3) is 0 Å². The average molecular weight is 401 g/mol. The Morgan fingerprint density at radius 3 is 1.53 bits per heavy atom. The number of rotatable bonds is 6. The predicted octanol–water partition coefficient (Wildman–Crippen LogP) is 6.34. The summed E-state index contributed by atoms with van der Waals surface area (Å²) >= 11 is 0. The summed E-state index contributed by atoms with van der Waals surface area (Å²) < 4.78 is 0. The molecule has 0 aliphatic rings. The summed E-state index contributed by atoms with van der Waals surface area (Å²) in [7, 11) is 0. The molecule has 0 aliphatic heterocycles. The van der Waals surface area contributed by atoms with Crippen molar-refractivity contribution in [2.24, 2.45) is 9.98 Å². The number of aliphatic imine (C=N–C) groups is 2. The number of nitrogens with zero attached hydrogens (tertiary/aromatic N) is 2. The largest absolute Gasteiger partial charge is 0.507 e. The molecule has 2 N–H and O–H groups in total. The zero-order valence-corrected chi connectivity index (χ0v) is 18.0. The van der Waals surface area contributed by atoms with Crippen LogP contribution in [0.25, 0.3) is 0 Å². The van der Waals surface area contributed by atoms with Crippen LogP contribution in [0, 0.1) is 13.8 Å². The fourth-order valence-electron chi connectivity index (χ4n) is 3.45. The van der Waals surface area contributed by atoms with E-state index in [2.05, 4.69) is 9.98 Å². The monoisotopic (exact) mass is 400 g/mol. The topological polar surface area (TPSA) is 65.2 Å². The van der Waals surface area contributed by atoms with Gasteiger partial charge < -0.3 is 10.2 Å². The Bertz CT molecular complexity index is 1030. The van der Waals surface area contributed by atoms with Crippen LogP contribution >= 0.6 is 0 Å². The summed E-state index contributed by atoms with van der Waals surface area (Å²) in [6, 6.07) is 15.4. The second-order valence-corrected chi connectivity index (χ2v) is 7.47. The highest BCUT2D eigenvalue weighted by molar-refractivity contribution is 5.88. The molecule has 0 aliphatic carbocycles. The van der Waals surface area contributed by atoms with E-state index in [0.29, 0.717) is 11.1 Å². The fourth-order valence-corrected chi connectivity index (χ4v) is 3.45. The van der Waals surface area contributed by atoms with E-state index in [-0.39, 0.29) is 11.5 Å². The zero-order chi connectivity index (χ0) is 21.7. The van der Waals surface area contributed by atoms with Crippen molar-refractivity contribution < 1.29 is 10.2 Å². The molecule has 0 saturated carbocycles. The van der Waals surface area contributed by atoms with Crippen LogP contribution in [0.4, 0.5) is 11.4 Å². The summed E-state index contributed by atoms with van der Waals surface area (Å²) in [5, 5.41) is 20.8. The van der Waals surface area contributed by atoms with Crippen molar-refractivity contribution >= 4 is 23.8 Å². The standard InChI is InChI=1S/C26H28N2O2/c1-5-19-10-17(3)12-21(25(19)29)15-27-23-8-7-9-24(14-23)28-16-22-13-18(4)11-20(6-2)26(22)30/h7-16,29-30H,5-6H2,1-4H3. The molecule has 0 radical (unpaired) electrons. The second-order valence-electron chi connectivity index (χ2n) is 7.47. The highest BCUT2D eigenvalue weighted by Crippen LogP contribution is 2.27. The maximum absolute atomic E-state index is 10.4. The molecule has 0 heterocycles. The van der Waals surface area contributed by atoms with Crippen LogP contribution in [-0.4, -0.2) is 22.6 Å². The highest BCUT2D eigenvalue weighted by Gasteiger charge is 2.07. The summed E-state index contributed by atoms with van der Waals surface area (Å²) in [6.45, 7) is 8.06. The summed E-state index contributed by atoms with van der Waals surface area (Å²) in [5.74, 6) is 0.561.